The predicted octanol–water partition coefficient (Wildman–Crippen LogP) is 2.96. The van der Waals surface area contributed by atoms with Crippen LogP contribution < -0.4 is 5.32 Å². The van der Waals surface area contributed by atoms with E-state index in [1.54, 1.807) is 0 Å². The van der Waals surface area contributed by atoms with Gasteiger partial charge in [-0.2, -0.15) is 0 Å². The van der Waals surface area contributed by atoms with Gasteiger partial charge in [-0.15, -0.1) is 11.3 Å². The molecule has 0 fully saturated rings. The second kappa shape index (κ2) is 7.65. The average Bonchev–Trinajstić information content (AvgIpc) is 3.19. The van der Waals surface area contributed by atoms with Crippen LogP contribution in [0.15, 0.2) is 24.3 Å². The minimum atomic E-state index is -0.804. The lowest BCUT2D eigenvalue weighted by Gasteiger charge is -2.08. The molecule has 0 spiro atoms. The molecular formula is C18H16FNO5S. The second-order valence-electron chi connectivity index (χ2n) is 5.69. The molecule has 1 aromatic carbocycles. The number of amides is 1. The van der Waals surface area contributed by atoms with Gasteiger partial charge in [0, 0.05) is 4.88 Å². The van der Waals surface area contributed by atoms with E-state index in [0.29, 0.717) is 10.6 Å². The Balaban J connectivity index is 1.65. The summed E-state index contributed by atoms with van der Waals surface area (Å²) in [4.78, 5) is 37.0. The van der Waals surface area contributed by atoms with E-state index in [-0.39, 0.29) is 5.56 Å². The van der Waals surface area contributed by atoms with Gasteiger partial charge in [0.1, 0.15) is 10.8 Å². The molecule has 1 aliphatic carbocycles. The lowest BCUT2D eigenvalue weighted by molar-refractivity contribution is -0.119. The fraction of sp³-hybridized carbons (Fsp3) is 0.278. The summed E-state index contributed by atoms with van der Waals surface area (Å²) in [6.45, 7) is -0.543. The zero-order chi connectivity index (χ0) is 18.7. The lowest BCUT2D eigenvalue weighted by Crippen LogP contribution is -2.21. The van der Waals surface area contributed by atoms with Crippen molar-refractivity contribution >= 4 is 34.2 Å². The number of thiophene rings is 1. The smallest absolute Gasteiger partial charge is 0.341 e. The number of benzene rings is 1. The number of rotatable bonds is 5. The van der Waals surface area contributed by atoms with Gasteiger partial charge in [-0.05, 0) is 43.0 Å². The number of hydrogen-bond donors (Lipinski definition) is 1. The molecule has 26 heavy (non-hydrogen) atoms. The van der Waals surface area contributed by atoms with Crippen LogP contribution in [0.5, 0.6) is 0 Å². The lowest BCUT2D eigenvalue weighted by atomic mass is 10.1. The minimum Gasteiger partial charge on any atom is -0.465 e. The minimum absolute atomic E-state index is 0.0168. The second-order valence-corrected chi connectivity index (χ2v) is 6.79. The highest BCUT2D eigenvalue weighted by atomic mass is 32.1. The molecule has 3 rings (SSSR count). The summed E-state index contributed by atoms with van der Waals surface area (Å²) in [7, 11) is 1.29. The predicted molar refractivity (Wildman–Crippen MR) is 93.0 cm³/mol. The van der Waals surface area contributed by atoms with Gasteiger partial charge in [-0.1, -0.05) is 6.07 Å². The first-order valence-electron chi connectivity index (χ1n) is 7.95. The number of carbonyl (C=O) groups excluding carboxylic acids is 3. The summed E-state index contributed by atoms with van der Waals surface area (Å²) >= 11 is 1.33. The number of hydrogen-bond acceptors (Lipinski definition) is 6. The zero-order valence-corrected chi connectivity index (χ0v) is 14.8. The molecule has 1 N–H and O–H groups in total. The number of methoxy groups -OCH3 is 1. The van der Waals surface area contributed by atoms with Gasteiger partial charge in [-0.3, -0.25) is 4.79 Å². The van der Waals surface area contributed by atoms with Gasteiger partial charge < -0.3 is 14.8 Å². The fourth-order valence-electron chi connectivity index (χ4n) is 2.80. The van der Waals surface area contributed by atoms with Crippen LogP contribution in [0.3, 0.4) is 0 Å². The van der Waals surface area contributed by atoms with Crippen molar-refractivity contribution in [2.24, 2.45) is 0 Å². The first-order chi connectivity index (χ1) is 12.5. The molecule has 8 heteroatoms. The van der Waals surface area contributed by atoms with Crippen molar-refractivity contribution in [1.29, 1.82) is 0 Å². The molecule has 1 amide bonds. The molecule has 6 nitrogen and oxygen atoms in total. The quantitative estimate of drug-likeness (QED) is 0.810. The van der Waals surface area contributed by atoms with Crippen LogP contribution in [-0.4, -0.2) is 31.6 Å². The van der Waals surface area contributed by atoms with Crippen LogP contribution in [0.25, 0.3) is 0 Å². The van der Waals surface area contributed by atoms with E-state index in [1.807, 2.05) is 0 Å². The van der Waals surface area contributed by atoms with E-state index in [1.165, 1.54) is 36.6 Å². The molecule has 1 aromatic heterocycles. The molecule has 0 unspecified atom stereocenters. The maximum absolute atomic E-state index is 13.1. The normalized spacial score (nSPS) is 12.4. The molecule has 1 aliphatic rings. The fourth-order valence-corrected chi connectivity index (χ4v) is 4.10. The van der Waals surface area contributed by atoms with Gasteiger partial charge in [-0.25, -0.2) is 14.0 Å². The highest BCUT2D eigenvalue weighted by Crippen LogP contribution is 2.39. The summed E-state index contributed by atoms with van der Waals surface area (Å²) in [5, 5.41) is 3.00. The Morgan fingerprint density at radius 1 is 1.23 bits per heavy atom. The zero-order valence-electron chi connectivity index (χ0n) is 14.0. The first-order valence-corrected chi connectivity index (χ1v) is 8.76. The van der Waals surface area contributed by atoms with Crippen LogP contribution in [0.4, 0.5) is 9.39 Å². The number of halogens is 1. The SMILES string of the molecule is COC(=O)c1c(NC(=O)COC(=O)c2cccc(F)c2)sc2c1CCC2. The first kappa shape index (κ1) is 18.1. The van der Waals surface area contributed by atoms with Crippen molar-refractivity contribution in [1.82, 2.24) is 0 Å². The molecule has 0 aliphatic heterocycles. The molecule has 0 saturated carbocycles. The maximum Gasteiger partial charge on any atom is 0.341 e. The summed E-state index contributed by atoms with van der Waals surface area (Å²) in [5.41, 5.74) is 1.30. The summed E-state index contributed by atoms with van der Waals surface area (Å²) in [6.07, 6.45) is 2.58. The Morgan fingerprint density at radius 2 is 2.04 bits per heavy atom. The number of ether oxygens (including phenoxy) is 2. The molecule has 0 bridgehead atoms. The Bertz CT molecular complexity index is 876. The van der Waals surface area contributed by atoms with E-state index in [0.717, 1.165) is 35.8 Å². The average molecular weight is 377 g/mol. The van der Waals surface area contributed by atoms with Crippen molar-refractivity contribution in [2.75, 3.05) is 19.0 Å². The largest absolute Gasteiger partial charge is 0.465 e. The van der Waals surface area contributed by atoms with E-state index in [2.05, 4.69) is 5.32 Å². The Morgan fingerprint density at radius 3 is 2.77 bits per heavy atom. The van der Waals surface area contributed by atoms with Crippen molar-refractivity contribution in [3.63, 3.8) is 0 Å². The Kier molecular flexibility index (Phi) is 5.32. The number of nitrogens with one attached hydrogen (secondary N) is 1. The number of carbonyl (C=O) groups is 3. The summed E-state index contributed by atoms with van der Waals surface area (Å²) in [6, 6.07) is 5.00. The Hall–Kier alpha value is -2.74. The molecule has 0 radical (unpaired) electrons. The van der Waals surface area contributed by atoms with Crippen LogP contribution in [-0.2, 0) is 27.1 Å². The number of aryl methyl sites for hydroxylation is 1. The van der Waals surface area contributed by atoms with E-state index < -0.39 is 30.3 Å². The van der Waals surface area contributed by atoms with Crippen molar-refractivity contribution in [2.45, 2.75) is 19.3 Å². The highest BCUT2D eigenvalue weighted by molar-refractivity contribution is 7.17. The molecule has 2 aromatic rings. The topological polar surface area (TPSA) is 81.7 Å². The molecule has 0 atom stereocenters. The molecule has 1 heterocycles. The van der Waals surface area contributed by atoms with E-state index >= 15 is 0 Å². The summed E-state index contributed by atoms with van der Waals surface area (Å²) in [5.74, 6) is -2.46. The summed E-state index contributed by atoms with van der Waals surface area (Å²) < 4.78 is 22.8. The van der Waals surface area contributed by atoms with Crippen molar-refractivity contribution in [3.8, 4) is 0 Å². The number of esters is 2. The highest BCUT2D eigenvalue weighted by Gasteiger charge is 2.28. The van der Waals surface area contributed by atoms with Gasteiger partial charge in [0.2, 0.25) is 0 Å². The van der Waals surface area contributed by atoms with Crippen LogP contribution in [0, 0.1) is 5.82 Å². The monoisotopic (exact) mass is 377 g/mol. The van der Waals surface area contributed by atoms with Crippen molar-refractivity contribution in [3.05, 3.63) is 51.7 Å². The van der Waals surface area contributed by atoms with Crippen molar-refractivity contribution < 1.29 is 28.2 Å². The van der Waals surface area contributed by atoms with E-state index in [4.69, 9.17) is 9.47 Å². The molecular weight excluding hydrogens is 361 g/mol. The molecule has 0 saturated heterocycles. The standard InChI is InChI=1S/C18H16FNO5S/c1-24-18(23)15-12-6-3-7-13(12)26-16(15)20-14(21)9-25-17(22)10-4-2-5-11(19)8-10/h2,4-5,8H,3,6-7,9H2,1H3,(H,20,21). The number of anilines is 1. The van der Waals surface area contributed by atoms with Gasteiger partial charge in [0.05, 0.1) is 18.2 Å². The Labute approximate surface area is 152 Å². The third-order valence-electron chi connectivity index (χ3n) is 3.96. The van der Waals surface area contributed by atoms with E-state index in [9.17, 15) is 18.8 Å². The maximum atomic E-state index is 13.1. The third kappa shape index (κ3) is 3.75. The van der Waals surface area contributed by atoms with Gasteiger partial charge >= 0.3 is 11.9 Å². The van der Waals surface area contributed by atoms with Crippen LogP contribution in [0.1, 0.15) is 37.6 Å². The number of fused-ring (bicyclic) bond motifs is 1. The van der Waals surface area contributed by atoms with Crippen LogP contribution in [0.2, 0.25) is 0 Å². The van der Waals surface area contributed by atoms with Gasteiger partial charge in [0.15, 0.2) is 6.61 Å². The third-order valence-corrected chi connectivity index (χ3v) is 5.17. The van der Waals surface area contributed by atoms with Crippen LogP contribution >= 0.6 is 11.3 Å². The van der Waals surface area contributed by atoms with Gasteiger partial charge in [0.25, 0.3) is 5.91 Å². The molecule has 136 valence electrons.